The van der Waals surface area contributed by atoms with E-state index in [-0.39, 0.29) is 0 Å². The Morgan fingerprint density at radius 3 is 1.50 bits per heavy atom. The normalized spacial score (nSPS) is 10.1. The lowest BCUT2D eigenvalue weighted by Crippen LogP contribution is -1.85. The molecule has 2 heterocycles. The Bertz CT molecular complexity index is 1170. The van der Waals surface area contributed by atoms with Gasteiger partial charge in [-0.1, -0.05) is 47.5 Å². The lowest BCUT2D eigenvalue weighted by Gasteiger charge is -1.99. The summed E-state index contributed by atoms with van der Waals surface area (Å²) in [5.41, 5.74) is 2.71. The van der Waals surface area contributed by atoms with Crippen LogP contribution in [-0.2, 0) is 0 Å². The third-order valence-corrected chi connectivity index (χ3v) is 4.40. The Hall–Kier alpha value is -3.04. The second-order valence-corrected chi connectivity index (χ2v) is 6.33. The van der Waals surface area contributed by atoms with Crippen LogP contribution in [-0.4, -0.2) is 9.97 Å². The summed E-state index contributed by atoms with van der Waals surface area (Å²) in [5.74, 6) is 11.5. The minimum atomic E-state index is 0.606. The quantitative estimate of drug-likeness (QED) is 0.381. The predicted octanol–water partition coefficient (Wildman–Crippen LogP) is 5.49. The first-order valence-electron chi connectivity index (χ1n) is 7.83. The number of halogens is 2. The number of rotatable bonds is 0. The van der Waals surface area contributed by atoms with Crippen LogP contribution in [0.15, 0.2) is 60.7 Å². The molecule has 4 rings (SSSR count). The van der Waals surface area contributed by atoms with E-state index in [9.17, 15) is 0 Å². The second kappa shape index (κ2) is 7.06. The predicted molar refractivity (Wildman–Crippen MR) is 107 cm³/mol. The molecular formula is C22H10Cl2N2. The third kappa shape index (κ3) is 3.35. The fourth-order valence-corrected chi connectivity index (χ4v) is 3.00. The molecule has 2 nitrogen and oxygen atoms in total. The summed E-state index contributed by atoms with van der Waals surface area (Å²) >= 11 is 12.3. The minimum absolute atomic E-state index is 0.606. The number of nitrogens with zero attached hydrogens (tertiary/aromatic N) is 2. The molecule has 0 aliphatic carbocycles. The van der Waals surface area contributed by atoms with Crippen LogP contribution in [0.4, 0.5) is 0 Å². The zero-order chi connectivity index (χ0) is 17.9. The van der Waals surface area contributed by atoms with Gasteiger partial charge in [-0.25, -0.2) is 9.97 Å². The number of benzene rings is 2. The molecule has 0 aliphatic rings. The van der Waals surface area contributed by atoms with Gasteiger partial charge >= 0.3 is 0 Å². The molecule has 0 bridgehead atoms. The van der Waals surface area contributed by atoms with Crippen LogP contribution in [0, 0.1) is 23.7 Å². The van der Waals surface area contributed by atoms with Crippen LogP contribution in [0.3, 0.4) is 0 Å². The van der Waals surface area contributed by atoms with Crippen LogP contribution in [0.2, 0.25) is 10.0 Å². The molecule has 0 aliphatic heterocycles. The Morgan fingerprint density at radius 2 is 1.04 bits per heavy atom. The zero-order valence-electron chi connectivity index (χ0n) is 13.4. The summed E-state index contributed by atoms with van der Waals surface area (Å²) in [6.45, 7) is 0. The molecule has 4 heteroatoms. The van der Waals surface area contributed by atoms with E-state index in [0.29, 0.717) is 21.4 Å². The molecular weight excluding hydrogens is 363 g/mol. The van der Waals surface area contributed by atoms with Crippen LogP contribution in [0.25, 0.3) is 21.8 Å². The molecule has 0 fully saturated rings. The monoisotopic (exact) mass is 372 g/mol. The molecule has 26 heavy (non-hydrogen) atoms. The maximum absolute atomic E-state index is 6.17. The molecule has 0 saturated carbocycles. The average molecular weight is 373 g/mol. The fraction of sp³-hybridized carbons (Fsp3) is 0. The lowest BCUT2D eigenvalue weighted by molar-refractivity contribution is 1.36. The summed E-state index contributed by atoms with van der Waals surface area (Å²) in [5, 5.41) is 3.17. The Labute approximate surface area is 160 Å². The van der Waals surface area contributed by atoms with Gasteiger partial charge in [-0.2, -0.15) is 0 Å². The van der Waals surface area contributed by atoms with Gasteiger partial charge < -0.3 is 0 Å². The SMILES string of the molecule is Clc1cccc2ccc(C#CC#Cc3ccc4cccc(Cl)c4n3)nc12. The Morgan fingerprint density at radius 1 is 0.577 bits per heavy atom. The summed E-state index contributed by atoms with van der Waals surface area (Å²) < 4.78 is 0. The minimum Gasteiger partial charge on any atom is -0.238 e. The van der Waals surface area contributed by atoms with Crippen molar-refractivity contribution in [3.05, 3.63) is 82.1 Å². The van der Waals surface area contributed by atoms with Crippen LogP contribution < -0.4 is 0 Å². The first-order valence-corrected chi connectivity index (χ1v) is 8.59. The highest BCUT2D eigenvalue weighted by Crippen LogP contribution is 2.22. The number of fused-ring (bicyclic) bond motifs is 2. The molecule has 0 amide bonds. The maximum atomic E-state index is 6.17. The van der Waals surface area contributed by atoms with Crippen LogP contribution in [0.1, 0.15) is 11.4 Å². The summed E-state index contributed by atoms with van der Waals surface area (Å²) in [4.78, 5) is 8.93. The van der Waals surface area contributed by atoms with E-state index in [1.165, 1.54) is 0 Å². The van der Waals surface area contributed by atoms with Crippen molar-refractivity contribution in [2.24, 2.45) is 0 Å². The third-order valence-electron chi connectivity index (χ3n) is 3.79. The number of aromatic nitrogens is 2. The highest BCUT2D eigenvalue weighted by atomic mass is 35.5. The van der Waals surface area contributed by atoms with Gasteiger partial charge in [0.15, 0.2) is 0 Å². The molecule has 0 atom stereocenters. The van der Waals surface area contributed by atoms with Crippen LogP contribution in [0.5, 0.6) is 0 Å². The van der Waals surface area contributed by atoms with E-state index < -0.39 is 0 Å². The van der Waals surface area contributed by atoms with Crippen LogP contribution >= 0.6 is 23.2 Å². The van der Waals surface area contributed by atoms with E-state index >= 15 is 0 Å². The van der Waals surface area contributed by atoms with Gasteiger partial charge in [0.25, 0.3) is 0 Å². The second-order valence-electron chi connectivity index (χ2n) is 5.52. The largest absolute Gasteiger partial charge is 0.238 e. The topological polar surface area (TPSA) is 25.8 Å². The Kier molecular flexibility index (Phi) is 4.46. The summed E-state index contributed by atoms with van der Waals surface area (Å²) in [6.07, 6.45) is 0. The average Bonchev–Trinajstić information content (AvgIpc) is 2.66. The van der Waals surface area contributed by atoms with E-state index in [4.69, 9.17) is 23.2 Å². The molecule has 0 radical (unpaired) electrons. The van der Waals surface area contributed by atoms with E-state index in [0.717, 1.165) is 21.8 Å². The molecule has 0 N–H and O–H groups in total. The number of hydrogen-bond donors (Lipinski definition) is 0. The zero-order valence-corrected chi connectivity index (χ0v) is 14.9. The first-order chi connectivity index (χ1) is 12.7. The first kappa shape index (κ1) is 16.4. The van der Waals surface area contributed by atoms with Gasteiger partial charge in [0.1, 0.15) is 11.4 Å². The van der Waals surface area contributed by atoms with Gasteiger partial charge in [0.05, 0.1) is 21.1 Å². The highest BCUT2D eigenvalue weighted by molar-refractivity contribution is 6.35. The standard InChI is InChI=1S/C22H10Cl2N2/c23-19-9-3-5-15-11-13-17(25-21(15)19)7-1-2-8-18-14-12-16-6-4-10-20(24)22(16)26-18/h3-6,9-14H. The van der Waals surface area contributed by atoms with Crippen molar-refractivity contribution in [2.75, 3.05) is 0 Å². The molecule has 0 unspecified atom stereocenters. The van der Waals surface area contributed by atoms with E-state index in [1.807, 2.05) is 60.7 Å². The van der Waals surface area contributed by atoms with Gasteiger partial charge in [-0.15, -0.1) is 0 Å². The van der Waals surface area contributed by atoms with Crippen molar-refractivity contribution < 1.29 is 0 Å². The van der Waals surface area contributed by atoms with Gasteiger partial charge in [-0.3, -0.25) is 0 Å². The lowest BCUT2D eigenvalue weighted by atomic mass is 10.2. The van der Waals surface area contributed by atoms with E-state index in [2.05, 4.69) is 33.6 Å². The number of hydrogen-bond acceptors (Lipinski definition) is 2. The molecule has 122 valence electrons. The van der Waals surface area contributed by atoms with Crippen molar-refractivity contribution in [3.63, 3.8) is 0 Å². The number of pyridine rings is 2. The van der Waals surface area contributed by atoms with Crippen molar-refractivity contribution >= 4 is 45.0 Å². The maximum Gasteiger partial charge on any atom is 0.114 e. The van der Waals surface area contributed by atoms with E-state index in [1.54, 1.807) is 0 Å². The molecule has 2 aromatic carbocycles. The van der Waals surface area contributed by atoms with Crippen molar-refractivity contribution in [1.29, 1.82) is 0 Å². The molecule has 0 saturated heterocycles. The number of para-hydroxylation sites is 2. The summed E-state index contributed by atoms with van der Waals surface area (Å²) in [7, 11) is 0. The molecule has 2 aromatic heterocycles. The molecule has 4 aromatic rings. The van der Waals surface area contributed by atoms with Gasteiger partial charge in [0.2, 0.25) is 0 Å². The van der Waals surface area contributed by atoms with Crippen molar-refractivity contribution in [1.82, 2.24) is 9.97 Å². The Balaban J connectivity index is 1.63. The highest BCUT2D eigenvalue weighted by Gasteiger charge is 2.01. The van der Waals surface area contributed by atoms with Gasteiger partial charge in [0, 0.05) is 10.8 Å². The van der Waals surface area contributed by atoms with Crippen molar-refractivity contribution in [2.45, 2.75) is 0 Å². The van der Waals surface area contributed by atoms with Crippen molar-refractivity contribution in [3.8, 4) is 23.7 Å². The molecule has 0 spiro atoms. The fourth-order valence-electron chi connectivity index (χ4n) is 2.55. The van der Waals surface area contributed by atoms with Gasteiger partial charge in [-0.05, 0) is 60.1 Å². The summed E-state index contributed by atoms with van der Waals surface area (Å²) in [6, 6.07) is 18.9. The smallest absolute Gasteiger partial charge is 0.114 e.